The Bertz CT molecular complexity index is 293. The molecule has 1 fully saturated rings. The van der Waals surface area contributed by atoms with Crippen LogP contribution in [0.2, 0.25) is 0 Å². The molecule has 13 heavy (non-hydrogen) atoms. The van der Waals surface area contributed by atoms with Gasteiger partial charge >= 0.3 is 0 Å². The standard InChI is InChI=1S/C12H16O/c1-9-11(12(9,2)8-13)10-6-4-3-5-7-10/h3-7,9,11,13H,8H2,1-2H3. The summed E-state index contributed by atoms with van der Waals surface area (Å²) in [5, 5.41) is 9.27. The van der Waals surface area contributed by atoms with Crippen molar-refractivity contribution in [1.82, 2.24) is 0 Å². The van der Waals surface area contributed by atoms with Crippen molar-refractivity contribution in [2.24, 2.45) is 11.3 Å². The average Bonchev–Trinajstić information content (AvgIpc) is 2.72. The van der Waals surface area contributed by atoms with Crippen LogP contribution in [-0.2, 0) is 0 Å². The lowest BCUT2D eigenvalue weighted by atomic mass is 10.0. The van der Waals surface area contributed by atoms with Gasteiger partial charge in [-0.2, -0.15) is 0 Å². The summed E-state index contributed by atoms with van der Waals surface area (Å²) in [4.78, 5) is 0. The average molecular weight is 176 g/mol. The normalized spacial score (nSPS) is 37.5. The van der Waals surface area contributed by atoms with E-state index in [-0.39, 0.29) is 5.41 Å². The molecule has 70 valence electrons. The van der Waals surface area contributed by atoms with Gasteiger partial charge in [0.25, 0.3) is 0 Å². The van der Waals surface area contributed by atoms with Crippen LogP contribution in [0, 0.1) is 11.3 Å². The molecule has 1 aromatic rings. The molecule has 1 aliphatic carbocycles. The fourth-order valence-corrected chi connectivity index (χ4v) is 2.37. The lowest BCUT2D eigenvalue weighted by Crippen LogP contribution is -2.04. The number of rotatable bonds is 2. The minimum absolute atomic E-state index is 0.126. The third-order valence-corrected chi connectivity index (χ3v) is 3.64. The Morgan fingerprint density at radius 3 is 2.38 bits per heavy atom. The van der Waals surface area contributed by atoms with E-state index in [0.717, 1.165) is 0 Å². The number of aliphatic hydroxyl groups excluding tert-OH is 1. The van der Waals surface area contributed by atoms with Crippen molar-refractivity contribution in [2.45, 2.75) is 19.8 Å². The SMILES string of the molecule is CC1C(c2ccccc2)C1(C)CO. The second kappa shape index (κ2) is 2.85. The predicted molar refractivity (Wildman–Crippen MR) is 53.5 cm³/mol. The van der Waals surface area contributed by atoms with Gasteiger partial charge in [0.05, 0.1) is 0 Å². The van der Waals surface area contributed by atoms with Gasteiger partial charge in [-0.25, -0.2) is 0 Å². The van der Waals surface area contributed by atoms with E-state index < -0.39 is 0 Å². The highest BCUT2D eigenvalue weighted by Crippen LogP contribution is 2.63. The summed E-state index contributed by atoms with van der Waals surface area (Å²) in [6.45, 7) is 4.68. The first-order chi connectivity index (χ1) is 6.20. The Kier molecular flexibility index (Phi) is 1.92. The van der Waals surface area contributed by atoms with Crippen LogP contribution in [-0.4, -0.2) is 11.7 Å². The van der Waals surface area contributed by atoms with Gasteiger partial charge in [0.15, 0.2) is 0 Å². The molecular weight excluding hydrogens is 160 g/mol. The first-order valence-corrected chi connectivity index (χ1v) is 4.86. The van der Waals surface area contributed by atoms with E-state index in [1.54, 1.807) is 0 Å². The van der Waals surface area contributed by atoms with Crippen molar-refractivity contribution in [1.29, 1.82) is 0 Å². The smallest absolute Gasteiger partial charge is 0.0493 e. The van der Waals surface area contributed by atoms with Gasteiger partial charge in [-0.05, 0) is 17.4 Å². The van der Waals surface area contributed by atoms with Crippen molar-refractivity contribution >= 4 is 0 Å². The van der Waals surface area contributed by atoms with Crippen LogP contribution in [0.5, 0.6) is 0 Å². The van der Waals surface area contributed by atoms with Gasteiger partial charge in [0.1, 0.15) is 0 Å². The summed E-state index contributed by atoms with van der Waals surface area (Å²) >= 11 is 0. The highest BCUT2D eigenvalue weighted by molar-refractivity contribution is 5.31. The summed E-state index contributed by atoms with van der Waals surface area (Å²) < 4.78 is 0. The number of hydrogen-bond donors (Lipinski definition) is 1. The molecule has 3 atom stereocenters. The molecule has 0 aromatic heterocycles. The molecule has 1 heteroatoms. The minimum Gasteiger partial charge on any atom is -0.396 e. The van der Waals surface area contributed by atoms with Gasteiger partial charge in [-0.15, -0.1) is 0 Å². The lowest BCUT2D eigenvalue weighted by molar-refractivity contribution is 0.211. The maximum Gasteiger partial charge on any atom is 0.0493 e. The van der Waals surface area contributed by atoms with Gasteiger partial charge in [0, 0.05) is 12.0 Å². The van der Waals surface area contributed by atoms with E-state index in [4.69, 9.17) is 0 Å². The molecule has 1 aromatic carbocycles. The van der Waals surface area contributed by atoms with Crippen molar-refractivity contribution in [3.05, 3.63) is 35.9 Å². The molecule has 3 unspecified atom stereocenters. The van der Waals surface area contributed by atoms with Crippen LogP contribution in [0.1, 0.15) is 25.3 Å². The fourth-order valence-electron chi connectivity index (χ4n) is 2.37. The summed E-state index contributed by atoms with van der Waals surface area (Å²) in [6, 6.07) is 10.5. The summed E-state index contributed by atoms with van der Waals surface area (Å²) in [5.41, 5.74) is 1.49. The largest absolute Gasteiger partial charge is 0.396 e. The molecule has 1 saturated carbocycles. The monoisotopic (exact) mass is 176 g/mol. The molecular formula is C12H16O. The summed E-state index contributed by atoms with van der Waals surface area (Å²) in [7, 11) is 0. The minimum atomic E-state index is 0.126. The Labute approximate surface area is 79.4 Å². The molecule has 1 N–H and O–H groups in total. The summed E-state index contributed by atoms with van der Waals surface area (Å²) in [5.74, 6) is 1.17. The third-order valence-electron chi connectivity index (χ3n) is 3.64. The number of hydrogen-bond acceptors (Lipinski definition) is 1. The maximum atomic E-state index is 9.27. The van der Waals surface area contributed by atoms with Crippen LogP contribution in [0.15, 0.2) is 30.3 Å². The molecule has 0 aliphatic heterocycles. The molecule has 2 rings (SSSR count). The first-order valence-electron chi connectivity index (χ1n) is 4.86. The first kappa shape index (κ1) is 8.76. The zero-order valence-corrected chi connectivity index (χ0v) is 8.20. The second-order valence-electron chi connectivity index (χ2n) is 4.34. The van der Waals surface area contributed by atoms with E-state index >= 15 is 0 Å². The molecule has 0 spiro atoms. The van der Waals surface area contributed by atoms with E-state index in [9.17, 15) is 5.11 Å². The van der Waals surface area contributed by atoms with Gasteiger partial charge < -0.3 is 5.11 Å². The molecule has 0 amide bonds. The van der Waals surface area contributed by atoms with Gasteiger partial charge in [-0.3, -0.25) is 0 Å². The second-order valence-corrected chi connectivity index (χ2v) is 4.34. The Hall–Kier alpha value is -0.820. The summed E-state index contributed by atoms with van der Waals surface area (Å²) in [6.07, 6.45) is 0. The highest BCUT2D eigenvalue weighted by Gasteiger charge is 2.58. The Balaban J connectivity index is 2.23. The van der Waals surface area contributed by atoms with E-state index in [1.807, 2.05) is 6.07 Å². The van der Waals surface area contributed by atoms with Crippen molar-refractivity contribution < 1.29 is 5.11 Å². The molecule has 1 aliphatic rings. The highest BCUT2D eigenvalue weighted by atomic mass is 16.3. The van der Waals surface area contributed by atoms with E-state index in [1.165, 1.54) is 5.56 Å². The predicted octanol–water partition coefficient (Wildman–Crippen LogP) is 2.42. The van der Waals surface area contributed by atoms with Crippen LogP contribution in [0.25, 0.3) is 0 Å². The van der Waals surface area contributed by atoms with Crippen LogP contribution in [0.4, 0.5) is 0 Å². The zero-order valence-electron chi connectivity index (χ0n) is 8.20. The van der Waals surface area contributed by atoms with Crippen molar-refractivity contribution in [3.63, 3.8) is 0 Å². The van der Waals surface area contributed by atoms with Crippen molar-refractivity contribution in [2.75, 3.05) is 6.61 Å². The molecule has 0 radical (unpaired) electrons. The van der Waals surface area contributed by atoms with Crippen molar-refractivity contribution in [3.8, 4) is 0 Å². The fraction of sp³-hybridized carbons (Fsp3) is 0.500. The quantitative estimate of drug-likeness (QED) is 0.733. The number of benzene rings is 1. The molecule has 0 heterocycles. The maximum absolute atomic E-state index is 9.27. The zero-order chi connectivity index (χ0) is 9.47. The van der Waals surface area contributed by atoms with Crippen LogP contribution in [0.3, 0.4) is 0 Å². The van der Waals surface area contributed by atoms with Crippen LogP contribution >= 0.6 is 0 Å². The van der Waals surface area contributed by atoms with Crippen LogP contribution < -0.4 is 0 Å². The third kappa shape index (κ3) is 1.19. The van der Waals surface area contributed by atoms with Gasteiger partial charge in [-0.1, -0.05) is 44.2 Å². The Morgan fingerprint density at radius 2 is 1.92 bits per heavy atom. The van der Waals surface area contributed by atoms with E-state index in [0.29, 0.717) is 18.4 Å². The molecule has 0 saturated heterocycles. The number of aliphatic hydroxyl groups is 1. The molecule has 1 nitrogen and oxygen atoms in total. The topological polar surface area (TPSA) is 20.2 Å². The van der Waals surface area contributed by atoms with E-state index in [2.05, 4.69) is 38.1 Å². The van der Waals surface area contributed by atoms with Gasteiger partial charge in [0.2, 0.25) is 0 Å². The lowest BCUT2D eigenvalue weighted by Gasteiger charge is -2.05. The Morgan fingerprint density at radius 1 is 1.31 bits per heavy atom. The molecule has 0 bridgehead atoms.